The van der Waals surface area contributed by atoms with Crippen LogP contribution in [0.15, 0.2) is 42.5 Å². The number of anilines is 2. The summed E-state index contributed by atoms with van der Waals surface area (Å²) in [6.07, 6.45) is 1.69. The lowest BCUT2D eigenvalue weighted by Gasteiger charge is -2.28. The molecule has 27 heavy (non-hydrogen) atoms. The molecule has 0 spiro atoms. The Hall–Kier alpha value is -2.86. The Morgan fingerprint density at radius 2 is 1.81 bits per heavy atom. The third-order valence-corrected chi connectivity index (χ3v) is 4.66. The van der Waals surface area contributed by atoms with Gasteiger partial charge in [0, 0.05) is 36.4 Å². The molecule has 0 bridgehead atoms. The Morgan fingerprint density at radius 1 is 1.07 bits per heavy atom. The molecule has 6 nitrogen and oxygen atoms in total. The summed E-state index contributed by atoms with van der Waals surface area (Å²) >= 11 is 5.82. The SMILES string of the molecule is CC(=O)N1CCCc2cc(NC(=O)C(=O)NCc3ccc(Cl)cc3)ccc21. The Kier molecular flexibility index (Phi) is 5.76. The number of amides is 3. The molecular weight excluding hydrogens is 366 g/mol. The summed E-state index contributed by atoms with van der Waals surface area (Å²) in [5.41, 5.74) is 3.22. The van der Waals surface area contributed by atoms with E-state index in [1.807, 2.05) is 6.07 Å². The molecule has 0 saturated carbocycles. The molecule has 0 radical (unpaired) electrons. The van der Waals surface area contributed by atoms with Gasteiger partial charge in [-0.1, -0.05) is 23.7 Å². The van der Waals surface area contributed by atoms with Crippen molar-refractivity contribution >= 4 is 40.7 Å². The zero-order valence-electron chi connectivity index (χ0n) is 14.9. The maximum atomic E-state index is 12.1. The summed E-state index contributed by atoms with van der Waals surface area (Å²) in [5, 5.41) is 5.79. The van der Waals surface area contributed by atoms with Gasteiger partial charge in [0.25, 0.3) is 0 Å². The van der Waals surface area contributed by atoms with E-state index in [-0.39, 0.29) is 12.5 Å². The van der Waals surface area contributed by atoms with E-state index in [9.17, 15) is 14.4 Å². The topological polar surface area (TPSA) is 78.5 Å². The molecule has 0 unspecified atom stereocenters. The molecule has 0 fully saturated rings. The van der Waals surface area contributed by atoms with Gasteiger partial charge in [0.05, 0.1) is 0 Å². The van der Waals surface area contributed by atoms with Crippen molar-refractivity contribution in [2.24, 2.45) is 0 Å². The van der Waals surface area contributed by atoms with Gasteiger partial charge in [0.1, 0.15) is 0 Å². The van der Waals surface area contributed by atoms with E-state index in [1.165, 1.54) is 6.92 Å². The number of halogens is 1. The predicted molar refractivity (Wildman–Crippen MR) is 105 cm³/mol. The monoisotopic (exact) mass is 385 g/mol. The second kappa shape index (κ2) is 8.22. The van der Waals surface area contributed by atoms with E-state index in [0.717, 1.165) is 29.7 Å². The zero-order valence-corrected chi connectivity index (χ0v) is 15.7. The molecule has 3 amide bonds. The van der Waals surface area contributed by atoms with Crippen LogP contribution in [0.1, 0.15) is 24.5 Å². The molecule has 2 aromatic rings. The standard InChI is InChI=1S/C20H20ClN3O3/c1-13(25)24-10-2-3-15-11-17(8-9-18(15)24)23-20(27)19(26)22-12-14-4-6-16(21)7-5-14/h4-9,11H,2-3,10,12H2,1H3,(H,22,26)(H,23,27). The quantitative estimate of drug-likeness (QED) is 0.797. The molecule has 0 aliphatic carbocycles. The van der Waals surface area contributed by atoms with Gasteiger partial charge in [-0.05, 0) is 54.3 Å². The third-order valence-electron chi connectivity index (χ3n) is 4.41. The molecule has 1 heterocycles. The Bertz CT molecular complexity index is 881. The Morgan fingerprint density at radius 3 is 2.52 bits per heavy atom. The highest BCUT2D eigenvalue weighted by atomic mass is 35.5. The molecule has 0 atom stereocenters. The lowest BCUT2D eigenvalue weighted by atomic mass is 10.0. The first kappa shape index (κ1) is 18.9. The van der Waals surface area contributed by atoms with E-state index in [2.05, 4.69) is 10.6 Å². The second-order valence-corrected chi connectivity index (χ2v) is 6.82. The van der Waals surface area contributed by atoms with Crippen LogP contribution in [0.25, 0.3) is 0 Å². The molecule has 1 aliphatic rings. The van der Waals surface area contributed by atoms with Gasteiger partial charge in [-0.25, -0.2) is 0 Å². The van der Waals surface area contributed by atoms with Gasteiger partial charge < -0.3 is 15.5 Å². The maximum absolute atomic E-state index is 12.1. The second-order valence-electron chi connectivity index (χ2n) is 6.38. The van der Waals surface area contributed by atoms with Crippen LogP contribution < -0.4 is 15.5 Å². The van der Waals surface area contributed by atoms with Crippen molar-refractivity contribution in [3.63, 3.8) is 0 Å². The van der Waals surface area contributed by atoms with Gasteiger partial charge in [0.15, 0.2) is 0 Å². The fourth-order valence-corrected chi connectivity index (χ4v) is 3.18. The van der Waals surface area contributed by atoms with Crippen LogP contribution in [0.3, 0.4) is 0 Å². The van der Waals surface area contributed by atoms with Crippen molar-refractivity contribution in [3.05, 3.63) is 58.6 Å². The van der Waals surface area contributed by atoms with Gasteiger partial charge >= 0.3 is 11.8 Å². The summed E-state index contributed by atoms with van der Waals surface area (Å²) in [6.45, 7) is 2.47. The van der Waals surface area contributed by atoms with Crippen LogP contribution in [0.5, 0.6) is 0 Å². The van der Waals surface area contributed by atoms with Gasteiger partial charge in [0.2, 0.25) is 5.91 Å². The number of hydrogen-bond donors (Lipinski definition) is 2. The van der Waals surface area contributed by atoms with Crippen molar-refractivity contribution < 1.29 is 14.4 Å². The van der Waals surface area contributed by atoms with Crippen molar-refractivity contribution in [2.75, 3.05) is 16.8 Å². The van der Waals surface area contributed by atoms with E-state index in [4.69, 9.17) is 11.6 Å². The minimum atomic E-state index is -0.733. The first-order chi connectivity index (χ1) is 12.9. The van der Waals surface area contributed by atoms with Crippen molar-refractivity contribution in [2.45, 2.75) is 26.3 Å². The summed E-state index contributed by atoms with van der Waals surface area (Å²) in [5.74, 6) is -1.45. The third kappa shape index (κ3) is 4.65. The van der Waals surface area contributed by atoms with Gasteiger partial charge in [-0.2, -0.15) is 0 Å². The number of nitrogens with one attached hydrogen (secondary N) is 2. The predicted octanol–water partition coefficient (Wildman–Crippen LogP) is 2.89. The van der Waals surface area contributed by atoms with Crippen LogP contribution in [0.4, 0.5) is 11.4 Å². The van der Waals surface area contributed by atoms with E-state index >= 15 is 0 Å². The van der Waals surface area contributed by atoms with E-state index in [1.54, 1.807) is 41.3 Å². The zero-order chi connectivity index (χ0) is 19.4. The van der Waals surface area contributed by atoms with E-state index < -0.39 is 11.8 Å². The largest absolute Gasteiger partial charge is 0.344 e. The first-order valence-electron chi connectivity index (χ1n) is 8.68. The smallest absolute Gasteiger partial charge is 0.313 e. The minimum Gasteiger partial charge on any atom is -0.344 e. The van der Waals surface area contributed by atoms with Gasteiger partial charge in [-0.3, -0.25) is 14.4 Å². The Balaban J connectivity index is 1.61. The average molecular weight is 386 g/mol. The summed E-state index contributed by atoms with van der Waals surface area (Å²) < 4.78 is 0. The lowest BCUT2D eigenvalue weighted by molar-refractivity contribution is -0.136. The van der Waals surface area contributed by atoms with Crippen molar-refractivity contribution in [1.29, 1.82) is 0 Å². The normalized spacial score (nSPS) is 12.9. The molecule has 0 aromatic heterocycles. The highest BCUT2D eigenvalue weighted by Crippen LogP contribution is 2.29. The number of fused-ring (bicyclic) bond motifs is 1. The number of rotatable bonds is 3. The number of carbonyl (C=O) groups is 3. The molecule has 2 aromatic carbocycles. The summed E-state index contributed by atoms with van der Waals surface area (Å²) in [4.78, 5) is 37.6. The fraction of sp³-hybridized carbons (Fsp3) is 0.250. The first-order valence-corrected chi connectivity index (χ1v) is 9.06. The van der Waals surface area contributed by atoms with Gasteiger partial charge in [-0.15, -0.1) is 0 Å². The molecule has 0 saturated heterocycles. The van der Waals surface area contributed by atoms with Crippen molar-refractivity contribution in [3.8, 4) is 0 Å². The highest BCUT2D eigenvalue weighted by Gasteiger charge is 2.21. The number of benzene rings is 2. The number of aryl methyl sites for hydroxylation is 1. The van der Waals surface area contributed by atoms with Crippen LogP contribution in [0, 0.1) is 0 Å². The molecule has 1 aliphatic heterocycles. The number of nitrogens with zero attached hydrogens (tertiary/aromatic N) is 1. The number of carbonyl (C=O) groups excluding carboxylic acids is 3. The van der Waals surface area contributed by atoms with Crippen LogP contribution in [-0.2, 0) is 27.3 Å². The molecule has 2 N–H and O–H groups in total. The van der Waals surface area contributed by atoms with Crippen LogP contribution in [0.2, 0.25) is 5.02 Å². The molecule has 7 heteroatoms. The average Bonchev–Trinajstić information content (AvgIpc) is 2.66. The molecular formula is C20H20ClN3O3. The Labute approximate surface area is 162 Å². The molecule has 3 rings (SSSR count). The highest BCUT2D eigenvalue weighted by molar-refractivity contribution is 6.39. The van der Waals surface area contributed by atoms with Crippen LogP contribution in [-0.4, -0.2) is 24.3 Å². The summed E-state index contributed by atoms with van der Waals surface area (Å²) in [6, 6.07) is 12.3. The van der Waals surface area contributed by atoms with Crippen LogP contribution >= 0.6 is 11.6 Å². The maximum Gasteiger partial charge on any atom is 0.313 e. The molecule has 140 valence electrons. The lowest BCUT2D eigenvalue weighted by Crippen LogP contribution is -2.35. The van der Waals surface area contributed by atoms with E-state index in [0.29, 0.717) is 17.3 Å². The number of hydrogen-bond acceptors (Lipinski definition) is 3. The summed E-state index contributed by atoms with van der Waals surface area (Å²) in [7, 11) is 0. The minimum absolute atomic E-state index is 0.00527. The fourth-order valence-electron chi connectivity index (χ4n) is 3.05. The van der Waals surface area contributed by atoms with Crippen molar-refractivity contribution in [1.82, 2.24) is 5.32 Å².